The summed E-state index contributed by atoms with van der Waals surface area (Å²) in [5, 5.41) is 12.0. The van der Waals surface area contributed by atoms with E-state index < -0.39 is 17.8 Å². The lowest BCUT2D eigenvalue weighted by molar-refractivity contribution is -0.146. The first-order valence-corrected chi connectivity index (χ1v) is 7.30. The van der Waals surface area contributed by atoms with E-state index in [2.05, 4.69) is 5.32 Å². The fourth-order valence-corrected chi connectivity index (χ4v) is 3.19. The quantitative estimate of drug-likeness (QED) is 0.773. The molecule has 0 radical (unpaired) electrons. The Kier molecular flexibility index (Phi) is 4.62. The number of amides is 2. The maximum Gasteiger partial charge on any atom is 0.307 e. The van der Waals surface area contributed by atoms with Gasteiger partial charge in [0.05, 0.1) is 11.8 Å². The second kappa shape index (κ2) is 6.24. The molecule has 2 amide bonds. The highest BCUT2D eigenvalue weighted by molar-refractivity contribution is 5.85. The number of carbonyl (C=O) groups excluding carboxylic acids is 2. The Bertz CT molecular complexity index is 410. The second-order valence-electron chi connectivity index (χ2n) is 5.84. The topological polar surface area (TPSA) is 86.7 Å². The van der Waals surface area contributed by atoms with E-state index in [0.29, 0.717) is 25.8 Å². The van der Waals surface area contributed by atoms with Gasteiger partial charge in [0.15, 0.2) is 0 Å². The molecule has 0 spiro atoms. The third-order valence-corrected chi connectivity index (χ3v) is 4.22. The lowest BCUT2D eigenvalue weighted by Crippen LogP contribution is -2.45. The number of hydrogen-bond acceptors (Lipinski definition) is 3. The Labute approximate surface area is 118 Å². The zero-order valence-corrected chi connectivity index (χ0v) is 11.8. The fourth-order valence-electron chi connectivity index (χ4n) is 3.19. The Morgan fingerprint density at radius 3 is 2.65 bits per heavy atom. The largest absolute Gasteiger partial charge is 0.481 e. The molecule has 2 aliphatic rings. The van der Waals surface area contributed by atoms with Gasteiger partial charge in [-0.15, -0.1) is 0 Å². The van der Waals surface area contributed by atoms with Crippen LogP contribution in [0.15, 0.2) is 0 Å². The van der Waals surface area contributed by atoms with Gasteiger partial charge < -0.3 is 15.3 Å². The van der Waals surface area contributed by atoms with Gasteiger partial charge >= 0.3 is 5.97 Å². The standard InChI is InChI=1S/C14H22N2O4/c1-9(8-16-7-3-6-12(16)17)15-13(18)10-4-2-5-11(10)14(19)20/h9-11H,2-8H2,1H3,(H,15,18)(H,19,20). The van der Waals surface area contributed by atoms with Crippen molar-refractivity contribution < 1.29 is 19.5 Å². The zero-order valence-electron chi connectivity index (χ0n) is 11.8. The highest BCUT2D eigenvalue weighted by Crippen LogP contribution is 2.32. The lowest BCUT2D eigenvalue weighted by atomic mass is 9.95. The number of aliphatic carboxylic acids is 1. The van der Waals surface area contributed by atoms with Crippen molar-refractivity contribution in [2.45, 2.75) is 45.1 Å². The van der Waals surface area contributed by atoms with E-state index in [4.69, 9.17) is 5.11 Å². The van der Waals surface area contributed by atoms with Crippen LogP contribution in [0.25, 0.3) is 0 Å². The van der Waals surface area contributed by atoms with Crippen LogP contribution < -0.4 is 5.32 Å². The minimum Gasteiger partial charge on any atom is -0.481 e. The molecule has 0 bridgehead atoms. The van der Waals surface area contributed by atoms with Crippen LogP contribution in [0.2, 0.25) is 0 Å². The average molecular weight is 282 g/mol. The molecule has 2 fully saturated rings. The van der Waals surface area contributed by atoms with Crippen LogP contribution in [-0.2, 0) is 14.4 Å². The summed E-state index contributed by atoms with van der Waals surface area (Å²) in [4.78, 5) is 36.5. The van der Waals surface area contributed by atoms with Crippen molar-refractivity contribution >= 4 is 17.8 Å². The van der Waals surface area contributed by atoms with Crippen LogP contribution in [0.4, 0.5) is 0 Å². The molecule has 1 aliphatic heterocycles. The highest BCUT2D eigenvalue weighted by atomic mass is 16.4. The smallest absolute Gasteiger partial charge is 0.307 e. The van der Waals surface area contributed by atoms with Crippen molar-refractivity contribution in [1.82, 2.24) is 10.2 Å². The molecule has 6 heteroatoms. The Hall–Kier alpha value is -1.59. The van der Waals surface area contributed by atoms with Crippen LogP contribution >= 0.6 is 0 Å². The molecule has 0 aromatic rings. The molecule has 2 rings (SSSR count). The second-order valence-corrected chi connectivity index (χ2v) is 5.84. The van der Waals surface area contributed by atoms with Gasteiger partial charge in [0.25, 0.3) is 0 Å². The van der Waals surface area contributed by atoms with E-state index in [1.54, 1.807) is 4.90 Å². The van der Waals surface area contributed by atoms with Crippen molar-refractivity contribution in [3.8, 4) is 0 Å². The normalized spacial score (nSPS) is 27.6. The van der Waals surface area contributed by atoms with E-state index in [9.17, 15) is 14.4 Å². The van der Waals surface area contributed by atoms with Crippen molar-refractivity contribution in [2.75, 3.05) is 13.1 Å². The van der Waals surface area contributed by atoms with E-state index in [1.807, 2.05) is 6.92 Å². The molecule has 2 N–H and O–H groups in total. The van der Waals surface area contributed by atoms with E-state index in [-0.39, 0.29) is 17.9 Å². The molecule has 3 unspecified atom stereocenters. The van der Waals surface area contributed by atoms with Crippen LogP contribution in [0, 0.1) is 11.8 Å². The maximum atomic E-state index is 12.1. The molecule has 1 saturated carbocycles. The number of nitrogens with one attached hydrogen (secondary N) is 1. The molecule has 6 nitrogen and oxygen atoms in total. The average Bonchev–Trinajstić information content (AvgIpc) is 2.99. The highest BCUT2D eigenvalue weighted by Gasteiger charge is 2.38. The van der Waals surface area contributed by atoms with E-state index in [0.717, 1.165) is 19.4 Å². The minimum atomic E-state index is -0.884. The first kappa shape index (κ1) is 14.8. The number of carboxylic acid groups (broad SMARTS) is 1. The summed E-state index contributed by atoms with van der Waals surface area (Å²) in [6, 6.07) is -0.139. The summed E-state index contributed by atoms with van der Waals surface area (Å²) >= 11 is 0. The van der Waals surface area contributed by atoms with Gasteiger partial charge in [0, 0.05) is 25.6 Å². The predicted octanol–water partition coefficient (Wildman–Crippen LogP) is 0.614. The molecule has 0 aromatic heterocycles. The molecule has 1 aliphatic carbocycles. The summed E-state index contributed by atoms with van der Waals surface area (Å²) in [5.41, 5.74) is 0. The zero-order chi connectivity index (χ0) is 14.7. The molecule has 3 atom stereocenters. The van der Waals surface area contributed by atoms with Gasteiger partial charge in [-0.3, -0.25) is 14.4 Å². The number of carboxylic acids is 1. The monoisotopic (exact) mass is 282 g/mol. The van der Waals surface area contributed by atoms with Crippen LogP contribution in [-0.4, -0.2) is 46.9 Å². The van der Waals surface area contributed by atoms with Crippen LogP contribution in [0.1, 0.15) is 39.0 Å². The van der Waals surface area contributed by atoms with Gasteiger partial charge in [-0.05, 0) is 26.2 Å². The SMILES string of the molecule is CC(CN1CCCC1=O)NC(=O)C1CCCC1C(=O)O. The summed E-state index contributed by atoms with van der Waals surface area (Å²) in [5.74, 6) is -1.92. The summed E-state index contributed by atoms with van der Waals surface area (Å²) in [6.45, 7) is 3.11. The number of rotatable bonds is 5. The third-order valence-electron chi connectivity index (χ3n) is 4.22. The van der Waals surface area contributed by atoms with E-state index >= 15 is 0 Å². The van der Waals surface area contributed by atoms with Gasteiger partial charge in [-0.25, -0.2) is 0 Å². The van der Waals surface area contributed by atoms with Gasteiger partial charge in [-0.2, -0.15) is 0 Å². The predicted molar refractivity (Wildman–Crippen MR) is 71.9 cm³/mol. The van der Waals surface area contributed by atoms with Crippen LogP contribution in [0.5, 0.6) is 0 Å². The van der Waals surface area contributed by atoms with E-state index in [1.165, 1.54) is 0 Å². The molecule has 112 valence electrons. The molecular formula is C14H22N2O4. The van der Waals surface area contributed by atoms with Gasteiger partial charge in [-0.1, -0.05) is 6.42 Å². The molecule has 0 aromatic carbocycles. The summed E-state index contributed by atoms with van der Waals surface area (Å²) in [6.07, 6.45) is 3.46. The number of likely N-dealkylation sites (tertiary alicyclic amines) is 1. The third kappa shape index (κ3) is 3.29. The molecular weight excluding hydrogens is 260 g/mol. The number of nitrogens with zero attached hydrogens (tertiary/aromatic N) is 1. The first-order valence-electron chi connectivity index (χ1n) is 7.30. The minimum absolute atomic E-state index is 0.135. The van der Waals surface area contributed by atoms with Gasteiger partial charge in [0.1, 0.15) is 0 Å². The van der Waals surface area contributed by atoms with Gasteiger partial charge in [0.2, 0.25) is 11.8 Å². The lowest BCUT2D eigenvalue weighted by Gasteiger charge is -2.24. The van der Waals surface area contributed by atoms with Crippen molar-refractivity contribution in [3.05, 3.63) is 0 Å². The number of carbonyl (C=O) groups is 3. The summed E-state index contributed by atoms with van der Waals surface area (Å²) < 4.78 is 0. The fraction of sp³-hybridized carbons (Fsp3) is 0.786. The molecule has 1 saturated heterocycles. The maximum absolute atomic E-state index is 12.1. The van der Waals surface area contributed by atoms with Crippen molar-refractivity contribution in [2.24, 2.45) is 11.8 Å². The summed E-state index contributed by atoms with van der Waals surface area (Å²) in [7, 11) is 0. The Morgan fingerprint density at radius 1 is 1.35 bits per heavy atom. The Morgan fingerprint density at radius 2 is 2.05 bits per heavy atom. The number of hydrogen-bond donors (Lipinski definition) is 2. The Balaban J connectivity index is 1.84. The van der Waals surface area contributed by atoms with Crippen molar-refractivity contribution in [1.29, 1.82) is 0 Å². The molecule has 20 heavy (non-hydrogen) atoms. The van der Waals surface area contributed by atoms with Crippen molar-refractivity contribution in [3.63, 3.8) is 0 Å². The molecule has 1 heterocycles. The first-order chi connectivity index (χ1) is 9.49. The van der Waals surface area contributed by atoms with Crippen LogP contribution in [0.3, 0.4) is 0 Å².